The molecule has 0 saturated carbocycles. The van der Waals surface area contributed by atoms with Gasteiger partial charge in [-0.3, -0.25) is 24.0 Å². The zero-order valence-corrected chi connectivity index (χ0v) is 17.4. The molecule has 1 heterocycles. The molecule has 0 aromatic heterocycles. The normalized spacial score (nSPS) is 16.5. The van der Waals surface area contributed by atoms with Gasteiger partial charge in [0.25, 0.3) is 0 Å². The highest BCUT2D eigenvalue weighted by Gasteiger charge is 2.35. The topological polar surface area (TPSA) is 145 Å². The van der Waals surface area contributed by atoms with Crippen molar-refractivity contribution in [1.82, 2.24) is 20.9 Å². The lowest BCUT2D eigenvalue weighted by Gasteiger charge is -2.27. The minimum absolute atomic E-state index is 0.0745. The fourth-order valence-corrected chi connectivity index (χ4v) is 3.14. The quantitative estimate of drug-likeness (QED) is 0.322. The summed E-state index contributed by atoms with van der Waals surface area (Å²) in [6.07, 6.45) is 6.88. The zero-order valence-electron chi connectivity index (χ0n) is 17.4. The fourth-order valence-electron chi connectivity index (χ4n) is 3.14. The molecular weight excluding hydrogens is 392 g/mol. The predicted octanol–water partition coefficient (Wildman–Crippen LogP) is -0.761. The van der Waals surface area contributed by atoms with Crippen molar-refractivity contribution in [3.63, 3.8) is 0 Å². The van der Waals surface area contributed by atoms with E-state index in [9.17, 15) is 24.0 Å². The summed E-state index contributed by atoms with van der Waals surface area (Å²) < 4.78 is 0. The summed E-state index contributed by atoms with van der Waals surface area (Å²) >= 11 is 0. The van der Waals surface area contributed by atoms with E-state index in [4.69, 9.17) is 11.5 Å². The van der Waals surface area contributed by atoms with Crippen LogP contribution < -0.4 is 16.0 Å². The second-order valence-corrected chi connectivity index (χ2v) is 7.53. The summed E-state index contributed by atoms with van der Waals surface area (Å²) in [5.41, 5.74) is 0. The van der Waals surface area contributed by atoms with E-state index in [-0.39, 0.29) is 31.2 Å². The van der Waals surface area contributed by atoms with Crippen molar-refractivity contribution in [3.8, 4) is 12.3 Å². The molecule has 1 aliphatic heterocycles. The largest absolute Gasteiger partial charge is 0.480 e. The molecule has 0 spiro atoms. The predicted molar refractivity (Wildman–Crippen MR) is 108 cm³/mol. The summed E-state index contributed by atoms with van der Waals surface area (Å²) in [5.74, 6) is -0.560. The Labute approximate surface area is 176 Å². The van der Waals surface area contributed by atoms with Crippen LogP contribution in [-0.4, -0.2) is 71.3 Å². The van der Waals surface area contributed by atoms with Gasteiger partial charge < -0.3 is 26.0 Å². The lowest BCUT2D eigenvalue weighted by Crippen LogP contribution is -2.54. The highest BCUT2D eigenvalue weighted by molar-refractivity contribution is 5.94. The summed E-state index contributed by atoms with van der Waals surface area (Å²) in [5, 5.41) is 16.1. The second-order valence-electron chi connectivity index (χ2n) is 7.53. The Bertz CT molecular complexity index is 700. The van der Waals surface area contributed by atoms with E-state index < -0.39 is 42.3 Å². The van der Waals surface area contributed by atoms with Gasteiger partial charge in [0.15, 0.2) is 0 Å². The Balaban J connectivity index is 2.70. The van der Waals surface area contributed by atoms with Crippen LogP contribution in [0.15, 0.2) is 0 Å². The van der Waals surface area contributed by atoms with Gasteiger partial charge in [0, 0.05) is 19.4 Å². The number of hydrogen-bond acceptors (Lipinski definition) is 5. The van der Waals surface area contributed by atoms with Crippen LogP contribution in [0.4, 0.5) is 0 Å². The van der Waals surface area contributed by atoms with Crippen molar-refractivity contribution in [2.24, 2.45) is 5.92 Å². The average molecular weight is 422 g/mol. The van der Waals surface area contributed by atoms with Gasteiger partial charge in [-0.2, -0.15) is 0 Å². The first kappa shape index (κ1) is 24.9. The van der Waals surface area contributed by atoms with Gasteiger partial charge in [-0.05, 0) is 25.2 Å². The van der Waals surface area contributed by atoms with Crippen molar-refractivity contribution in [1.29, 1.82) is 0 Å². The number of hydrogen-bond donors (Lipinski definition) is 4. The summed E-state index contributed by atoms with van der Waals surface area (Å²) in [7, 11) is 0. The maximum absolute atomic E-state index is 12.8. The van der Waals surface area contributed by atoms with E-state index in [1.54, 1.807) is 0 Å². The molecule has 4 amide bonds. The van der Waals surface area contributed by atoms with Gasteiger partial charge in [-0.15, -0.1) is 12.3 Å². The molecule has 0 aromatic carbocycles. The van der Waals surface area contributed by atoms with Crippen LogP contribution in [-0.2, 0) is 24.0 Å². The Morgan fingerprint density at radius 2 is 1.87 bits per heavy atom. The highest BCUT2D eigenvalue weighted by atomic mass is 16.4. The van der Waals surface area contributed by atoms with E-state index in [0.717, 1.165) is 0 Å². The standard InChI is InChI=1S/C20H30N4O6/c1-4-5-8-16(25)21-11-17(26)24-9-6-7-15(24)20(30)23-14(10-13(2)3)19(29)22-12-18(27)28/h1,13-15H,5-12H2,2-3H3,(H,21,25)(H,22,29)(H,23,30)(H,27,28)/t14-,15-/m0/s1. The first-order valence-electron chi connectivity index (χ1n) is 9.95. The van der Waals surface area contributed by atoms with Crippen LogP contribution in [0.1, 0.15) is 46.0 Å². The number of amides is 4. The first-order chi connectivity index (χ1) is 14.1. The SMILES string of the molecule is C#CCCC(=O)NCC(=O)N1CCC[C@H]1C(=O)N[C@@H](CC(C)C)C(=O)NCC(=O)O. The van der Waals surface area contributed by atoms with Crippen LogP contribution >= 0.6 is 0 Å². The van der Waals surface area contributed by atoms with Crippen LogP contribution in [0.25, 0.3) is 0 Å². The molecule has 0 bridgehead atoms. The van der Waals surface area contributed by atoms with Gasteiger partial charge in [-0.25, -0.2) is 0 Å². The number of terminal acetylenes is 1. The number of likely N-dealkylation sites (tertiary alicyclic amines) is 1. The van der Waals surface area contributed by atoms with Gasteiger partial charge in [0.2, 0.25) is 23.6 Å². The summed E-state index contributed by atoms with van der Waals surface area (Å²) in [6, 6.07) is -1.65. The lowest BCUT2D eigenvalue weighted by atomic mass is 10.0. The molecule has 30 heavy (non-hydrogen) atoms. The van der Waals surface area contributed by atoms with Crippen molar-refractivity contribution in [2.45, 2.75) is 58.0 Å². The number of nitrogens with zero attached hydrogens (tertiary/aromatic N) is 1. The van der Waals surface area contributed by atoms with E-state index in [1.165, 1.54) is 4.90 Å². The molecule has 1 aliphatic rings. The third-order valence-corrected chi connectivity index (χ3v) is 4.56. The van der Waals surface area contributed by atoms with Gasteiger partial charge >= 0.3 is 5.97 Å². The molecule has 0 aliphatic carbocycles. The average Bonchev–Trinajstić information content (AvgIpc) is 3.17. The number of carboxylic acids is 1. The molecule has 166 valence electrons. The van der Waals surface area contributed by atoms with Crippen molar-refractivity contribution in [2.75, 3.05) is 19.6 Å². The van der Waals surface area contributed by atoms with Gasteiger partial charge in [-0.1, -0.05) is 13.8 Å². The molecule has 1 rings (SSSR count). The minimum atomic E-state index is -1.19. The molecule has 0 unspecified atom stereocenters. The maximum Gasteiger partial charge on any atom is 0.322 e. The molecule has 10 nitrogen and oxygen atoms in total. The van der Waals surface area contributed by atoms with Gasteiger partial charge in [0.1, 0.15) is 18.6 Å². The number of aliphatic carboxylic acids is 1. The number of rotatable bonds is 11. The third-order valence-electron chi connectivity index (χ3n) is 4.56. The fraction of sp³-hybridized carbons (Fsp3) is 0.650. The van der Waals surface area contributed by atoms with E-state index >= 15 is 0 Å². The summed E-state index contributed by atoms with van der Waals surface area (Å²) in [4.78, 5) is 61.2. The Hall–Kier alpha value is -3.09. The summed E-state index contributed by atoms with van der Waals surface area (Å²) in [6.45, 7) is 3.34. The van der Waals surface area contributed by atoms with E-state index in [0.29, 0.717) is 25.8 Å². The van der Waals surface area contributed by atoms with Crippen LogP contribution in [0.5, 0.6) is 0 Å². The zero-order chi connectivity index (χ0) is 22.7. The molecule has 2 atom stereocenters. The van der Waals surface area contributed by atoms with Crippen LogP contribution in [0, 0.1) is 18.3 Å². The highest BCUT2D eigenvalue weighted by Crippen LogP contribution is 2.18. The van der Waals surface area contributed by atoms with Crippen LogP contribution in [0.3, 0.4) is 0 Å². The monoisotopic (exact) mass is 422 g/mol. The minimum Gasteiger partial charge on any atom is -0.480 e. The molecular formula is C20H30N4O6. The third kappa shape index (κ3) is 8.51. The number of carbonyl (C=O) groups is 5. The second kappa shape index (κ2) is 12.5. The molecule has 0 radical (unpaired) electrons. The number of carbonyl (C=O) groups excluding carboxylic acids is 4. The Morgan fingerprint density at radius 3 is 2.47 bits per heavy atom. The van der Waals surface area contributed by atoms with E-state index in [2.05, 4.69) is 21.9 Å². The smallest absolute Gasteiger partial charge is 0.322 e. The maximum atomic E-state index is 12.8. The van der Waals surface area contributed by atoms with Crippen molar-refractivity contribution >= 4 is 29.6 Å². The van der Waals surface area contributed by atoms with Crippen LogP contribution in [0.2, 0.25) is 0 Å². The molecule has 4 N–H and O–H groups in total. The molecule has 1 saturated heterocycles. The van der Waals surface area contributed by atoms with Gasteiger partial charge in [0.05, 0.1) is 6.54 Å². The molecule has 0 aromatic rings. The Morgan fingerprint density at radius 1 is 1.17 bits per heavy atom. The Kier molecular flexibility index (Phi) is 10.4. The van der Waals surface area contributed by atoms with Crippen molar-refractivity contribution in [3.05, 3.63) is 0 Å². The number of carboxylic acid groups (broad SMARTS) is 1. The molecule has 10 heteroatoms. The van der Waals surface area contributed by atoms with Crippen molar-refractivity contribution < 1.29 is 29.1 Å². The first-order valence-corrected chi connectivity index (χ1v) is 9.95. The lowest BCUT2D eigenvalue weighted by molar-refractivity contribution is -0.140. The number of nitrogens with one attached hydrogen (secondary N) is 3. The molecule has 1 fully saturated rings. The van der Waals surface area contributed by atoms with E-state index in [1.807, 2.05) is 13.8 Å².